The summed E-state index contributed by atoms with van der Waals surface area (Å²) in [5, 5.41) is 4.09. The number of hydrogen-bond acceptors (Lipinski definition) is 4. The Morgan fingerprint density at radius 3 is 2.67 bits per heavy atom. The highest BCUT2D eigenvalue weighted by Gasteiger charge is 2.31. The summed E-state index contributed by atoms with van der Waals surface area (Å²) in [6.45, 7) is 6.48. The fourth-order valence-electron chi connectivity index (χ4n) is 2.44. The second-order valence-electron chi connectivity index (χ2n) is 6.75. The van der Waals surface area contributed by atoms with E-state index < -0.39 is 11.5 Å². The molecule has 5 nitrogen and oxygen atoms in total. The number of halogens is 1. The number of ether oxygens (including phenoxy) is 1. The maximum atomic E-state index is 13.5. The lowest BCUT2D eigenvalue weighted by molar-refractivity contribution is -0.130. The summed E-state index contributed by atoms with van der Waals surface area (Å²) in [4.78, 5) is 16.5. The van der Waals surface area contributed by atoms with Crippen LogP contribution in [0.1, 0.15) is 38.8 Å². The second kappa shape index (κ2) is 8.15. The van der Waals surface area contributed by atoms with Crippen LogP contribution in [-0.4, -0.2) is 33.8 Å². The summed E-state index contributed by atoms with van der Waals surface area (Å²) < 4.78 is 20.7. The largest absolute Gasteiger partial charge is 0.381 e. The maximum absolute atomic E-state index is 13.5. The summed E-state index contributed by atoms with van der Waals surface area (Å²) in [6.07, 6.45) is 3.99. The number of rotatable bonds is 8. The molecule has 2 rings (SSSR count). The van der Waals surface area contributed by atoms with Gasteiger partial charge in [-0.25, -0.2) is 14.1 Å². The van der Waals surface area contributed by atoms with Gasteiger partial charge in [0.1, 0.15) is 24.5 Å². The van der Waals surface area contributed by atoms with Crippen LogP contribution < -0.4 is 0 Å². The Hall–Kier alpha value is -2.08. The topological polar surface area (TPSA) is 57.0 Å². The highest BCUT2D eigenvalue weighted by molar-refractivity contribution is 5.87. The first kappa shape index (κ1) is 18.3. The van der Waals surface area contributed by atoms with Crippen molar-refractivity contribution in [3.63, 3.8) is 0 Å². The first-order chi connectivity index (χ1) is 11.4. The van der Waals surface area contributed by atoms with Crippen molar-refractivity contribution in [2.75, 3.05) is 13.2 Å². The highest BCUT2D eigenvalue weighted by atomic mass is 19.1. The van der Waals surface area contributed by atoms with Crippen LogP contribution in [0.2, 0.25) is 0 Å². The molecule has 0 spiro atoms. The van der Waals surface area contributed by atoms with Gasteiger partial charge in [-0.2, -0.15) is 5.10 Å². The Balaban J connectivity index is 1.85. The molecule has 0 bridgehead atoms. The lowest BCUT2D eigenvalue weighted by atomic mass is 9.85. The fourth-order valence-corrected chi connectivity index (χ4v) is 2.44. The van der Waals surface area contributed by atoms with E-state index in [0.717, 1.165) is 0 Å². The molecule has 0 aliphatic carbocycles. The summed E-state index contributed by atoms with van der Waals surface area (Å²) in [6, 6.07) is 6.26. The van der Waals surface area contributed by atoms with Gasteiger partial charge in [0.05, 0.1) is 6.61 Å². The zero-order valence-electron chi connectivity index (χ0n) is 14.4. The van der Waals surface area contributed by atoms with E-state index in [2.05, 4.69) is 10.1 Å². The third-order valence-corrected chi connectivity index (χ3v) is 3.81. The van der Waals surface area contributed by atoms with Gasteiger partial charge in [-0.3, -0.25) is 4.79 Å². The number of ketones is 1. The molecule has 1 heterocycles. The molecule has 0 saturated carbocycles. The molecule has 0 radical (unpaired) electrons. The highest BCUT2D eigenvalue weighted by Crippen LogP contribution is 2.25. The monoisotopic (exact) mass is 333 g/mol. The number of benzene rings is 1. The molecule has 130 valence electrons. The SMILES string of the molecule is CC(C)(C)C(=O)C(CCOCCc1ccccc1F)n1cncn1. The molecule has 1 unspecified atom stereocenters. The Morgan fingerprint density at radius 1 is 1.29 bits per heavy atom. The van der Waals surface area contributed by atoms with Crippen molar-refractivity contribution in [3.05, 3.63) is 48.3 Å². The smallest absolute Gasteiger partial charge is 0.162 e. The number of hydrogen-bond donors (Lipinski definition) is 0. The minimum Gasteiger partial charge on any atom is -0.381 e. The van der Waals surface area contributed by atoms with Gasteiger partial charge in [0.25, 0.3) is 0 Å². The predicted molar refractivity (Wildman–Crippen MR) is 89.1 cm³/mol. The zero-order valence-corrected chi connectivity index (χ0v) is 14.4. The number of aromatic nitrogens is 3. The molecule has 1 aromatic carbocycles. The predicted octanol–water partition coefficient (Wildman–Crippen LogP) is 3.22. The minimum absolute atomic E-state index is 0.0886. The Morgan fingerprint density at radius 2 is 2.04 bits per heavy atom. The standard InChI is InChI=1S/C18H24FN3O2/c1-18(2,3)17(23)16(22-13-20-12-21-22)9-11-24-10-8-14-6-4-5-7-15(14)19/h4-7,12-13,16H,8-11H2,1-3H3. The van der Waals surface area contributed by atoms with Gasteiger partial charge < -0.3 is 4.74 Å². The third-order valence-electron chi connectivity index (χ3n) is 3.81. The van der Waals surface area contributed by atoms with Gasteiger partial charge >= 0.3 is 0 Å². The maximum Gasteiger partial charge on any atom is 0.162 e. The van der Waals surface area contributed by atoms with E-state index >= 15 is 0 Å². The Labute approximate surface area is 141 Å². The number of Topliss-reactive ketones (excluding diaryl/α,β-unsaturated/α-hetero) is 1. The molecule has 0 aliphatic rings. The van der Waals surface area contributed by atoms with E-state index in [-0.39, 0.29) is 11.6 Å². The normalized spacial score (nSPS) is 13.0. The molecular formula is C18H24FN3O2. The first-order valence-corrected chi connectivity index (χ1v) is 8.09. The van der Waals surface area contributed by atoms with Crippen LogP contribution in [0.5, 0.6) is 0 Å². The van der Waals surface area contributed by atoms with Crippen molar-refractivity contribution in [1.29, 1.82) is 0 Å². The molecule has 1 atom stereocenters. The van der Waals surface area contributed by atoms with Crippen LogP contribution >= 0.6 is 0 Å². The number of carbonyl (C=O) groups excluding carboxylic acids is 1. The van der Waals surface area contributed by atoms with E-state index in [4.69, 9.17) is 4.74 Å². The lowest BCUT2D eigenvalue weighted by Gasteiger charge is -2.24. The lowest BCUT2D eigenvalue weighted by Crippen LogP contribution is -2.31. The molecule has 2 aromatic rings. The van der Waals surface area contributed by atoms with E-state index in [0.29, 0.717) is 31.6 Å². The molecule has 6 heteroatoms. The Bertz CT molecular complexity index is 651. The first-order valence-electron chi connectivity index (χ1n) is 8.09. The van der Waals surface area contributed by atoms with Crippen molar-refractivity contribution in [2.24, 2.45) is 5.41 Å². The van der Waals surface area contributed by atoms with Crippen LogP contribution in [-0.2, 0) is 16.0 Å². The van der Waals surface area contributed by atoms with Gasteiger partial charge in [0.2, 0.25) is 0 Å². The third kappa shape index (κ3) is 4.96. The quantitative estimate of drug-likeness (QED) is 0.696. The molecule has 24 heavy (non-hydrogen) atoms. The van der Waals surface area contributed by atoms with Crippen LogP contribution in [0, 0.1) is 11.2 Å². The number of carbonyl (C=O) groups is 1. The van der Waals surface area contributed by atoms with E-state index in [1.54, 1.807) is 29.2 Å². The van der Waals surface area contributed by atoms with E-state index in [1.165, 1.54) is 12.4 Å². The van der Waals surface area contributed by atoms with Crippen molar-refractivity contribution >= 4 is 5.78 Å². The van der Waals surface area contributed by atoms with Gasteiger partial charge in [-0.05, 0) is 18.1 Å². The minimum atomic E-state index is -0.468. The summed E-state index contributed by atoms with van der Waals surface area (Å²) >= 11 is 0. The van der Waals surface area contributed by atoms with Gasteiger partial charge in [-0.1, -0.05) is 39.0 Å². The van der Waals surface area contributed by atoms with Crippen molar-refractivity contribution < 1.29 is 13.9 Å². The van der Waals surface area contributed by atoms with Crippen LogP contribution in [0.25, 0.3) is 0 Å². The molecule has 1 aromatic heterocycles. The second-order valence-corrected chi connectivity index (χ2v) is 6.75. The molecular weight excluding hydrogens is 309 g/mol. The zero-order chi connectivity index (χ0) is 17.6. The van der Waals surface area contributed by atoms with Crippen LogP contribution in [0.15, 0.2) is 36.9 Å². The van der Waals surface area contributed by atoms with Crippen molar-refractivity contribution in [2.45, 2.75) is 39.7 Å². The van der Waals surface area contributed by atoms with Crippen molar-refractivity contribution in [3.8, 4) is 0 Å². The average Bonchev–Trinajstić information content (AvgIpc) is 3.05. The van der Waals surface area contributed by atoms with Gasteiger partial charge in [0, 0.05) is 18.4 Å². The molecule has 0 fully saturated rings. The fraction of sp³-hybridized carbons (Fsp3) is 0.500. The van der Waals surface area contributed by atoms with Gasteiger partial charge in [0.15, 0.2) is 5.78 Å². The molecule has 0 amide bonds. The molecule has 0 N–H and O–H groups in total. The van der Waals surface area contributed by atoms with Crippen LogP contribution in [0.4, 0.5) is 4.39 Å². The summed E-state index contributed by atoms with van der Waals surface area (Å²) in [7, 11) is 0. The average molecular weight is 333 g/mol. The van der Waals surface area contributed by atoms with Crippen LogP contribution in [0.3, 0.4) is 0 Å². The van der Waals surface area contributed by atoms with E-state index in [1.807, 2.05) is 20.8 Å². The van der Waals surface area contributed by atoms with E-state index in [9.17, 15) is 9.18 Å². The summed E-state index contributed by atoms with van der Waals surface area (Å²) in [5.41, 5.74) is 0.167. The molecule has 0 aliphatic heterocycles. The van der Waals surface area contributed by atoms with Gasteiger partial charge in [-0.15, -0.1) is 0 Å². The van der Waals surface area contributed by atoms with Crippen molar-refractivity contribution in [1.82, 2.24) is 14.8 Å². The molecule has 0 saturated heterocycles. The Kier molecular flexibility index (Phi) is 6.20. The number of nitrogens with zero attached hydrogens (tertiary/aromatic N) is 3. The summed E-state index contributed by atoms with van der Waals surface area (Å²) in [5.74, 6) is -0.129.